The Morgan fingerprint density at radius 2 is 1.97 bits per heavy atom. The van der Waals surface area contributed by atoms with Crippen molar-refractivity contribution in [1.29, 1.82) is 0 Å². The number of guanidine groups is 1. The van der Waals surface area contributed by atoms with E-state index in [1.807, 2.05) is 6.92 Å². The molecule has 0 amide bonds. The predicted octanol–water partition coefficient (Wildman–Crippen LogP) is 2.85. The molecule has 9 heteroatoms. The molecule has 1 aromatic rings. The number of hydrogen-bond acceptors (Lipinski definition) is 5. The van der Waals surface area contributed by atoms with Crippen molar-refractivity contribution in [2.45, 2.75) is 46.4 Å². The fraction of sp³-hybridized carbons (Fsp3) is 0.667. The molecule has 1 heterocycles. The van der Waals surface area contributed by atoms with Gasteiger partial charge in [-0.3, -0.25) is 4.90 Å². The molecule has 1 saturated heterocycles. The molecular weight excluding hydrogens is 394 g/mol. The van der Waals surface area contributed by atoms with Gasteiger partial charge in [-0.25, -0.2) is 4.99 Å². The van der Waals surface area contributed by atoms with E-state index >= 15 is 0 Å². The summed E-state index contributed by atoms with van der Waals surface area (Å²) in [5.41, 5.74) is 0.449. The van der Waals surface area contributed by atoms with Gasteiger partial charge in [-0.1, -0.05) is 12.1 Å². The van der Waals surface area contributed by atoms with Gasteiger partial charge in [0.15, 0.2) is 17.5 Å². The number of aliphatic imine (C=N–C) groups is 1. The van der Waals surface area contributed by atoms with Crippen LogP contribution < -0.4 is 20.1 Å². The number of nitrogens with zero attached hydrogens (tertiary/aromatic N) is 2. The van der Waals surface area contributed by atoms with Crippen molar-refractivity contribution in [3.63, 3.8) is 0 Å². The molecule has 7 nitrogen and oxygen atoms in total. The first-order valence-electron chi connectivity index (χ1n) is 10.4. The molecule has 30 heavy (non-hydrogen) atoms. The number of halogens is 2. The summed E-state index contributed by atoms with van der Waals surface area (Å²) in [5, 5.41) is 6.57. The van der Waals surface area contributed by atoms with Crippen molar-refractivity contribution in [2.75, 3.05) is 46.0 Å². The van der Waals surface area contributed by atoms with Gasteiger partial charge in [0.2, 0.25) is 0 Å². The number of alkyl halides is 2. The third-order valence-corrected chi connectivity index (χ3v) is 4.87. The number of nitrogens with one attached hydrogen (secondary N) is 2. The highest BCUT2D eigenvalue weighted by atomic mass is 19.3. The van der Waals surface area contributed by atoms with Gasteiger partial charge in [0.05, 0.1) is 26.4 Å². The summed E-state index contributed by atoms with van der Waals surface area (Å²) in [5.74, 6) is 0.933. The van der Waals surface area contributed by atoms with E-state index in [2.05, 4.69) is 34.4 Å². The van der Waals surface area contributed by atoms with E-state index in [1.54, 1.807) is 25.1 Å². The van der Waals surface area contributed by atoms with E-state index in [0.717, 1.165) is 26.3 Å². The summed E-state index contributed by atoms with van der Waals surface area (Å²) >= 11 is 0. The van der Waals surface area contributed by atoms with Crippen LogP contribution in [0.2, 0.25) is 0 Å². The Bertz CT molecular complexity index is 680. The Balaban J connectivity index is 2.10. The van der Waals surface area contributed by atoms with Gasteiger partial charge in [0.1, 0.15) is 0 Å². The maximum atomic E-state index is 12.9. The van der Waals surface area contributed by atoms with Crippen molar-refractivity contribution in [3.8, 4) is 11.5 Å². The fourth-order valence-corrected chi connectivity index (χ4v) is 3.26. The molecule has 0 atom stereocenters. The van der Waals surface area contributed by atoms with Gasteiger partial charge in [-0.05, 0) is 33.8 Å². The van der Waals surface area contributed by atoms with Crippen LogP contribution in [0.1, 0.15) is 33.3 Å². The van der Waals surface area contributed by atoms with Gasteiger partial charge in [-0.15, -0.1) is 0 Å². The molecule has 1 fully saturated rings. The van der Waals surface area contributed by atoms with Crippen LogP contribution in [0.4, 0.5) is 8.78 Å². The number of rotatable bonds is 10. The molecule has 1 aromatic carbocycles. The highest BCUT2D eigenvalue weighted by Gasteiger charge is 2.28. The first kappa shape index (κ1) is 24.1. The Morgan fingerprint density at radius 1 is 1.23 bits per heavy atom. The van der Waals surface area contributed by atoms with Gasteiger partial charge < -0.3 is 24.8 Å². The molecule has 2 rings (SSSR count). The lowest BCUT2D eigenvalue weighted by molar-refractivity contribution is -0.0520. The number of ether oxygens (including phenoxy) is 3. The van der Waals surface area contributed by atoms with Crippen LogP contribution in [0.25, 0.3) is 0 Å². The first-order chi connectivity index (χ1) is 14.4. The van der Waals surface area contributed by atoms with Crippen LogP contribution in [-0.2, 0) is 11.3 Å². The third-order valence-electron chi connectivity index (χ3n) is 4.87. The molecule has 0 bridgehead atoms. The molecule has 0 radical (unpaired) electrons. The van der Waals surface area contributed by atoms with Gasteiger partial charge in [-0.2, -0.15) is 8.78 Å². The largest absolute Gasteiger partial charge is 0.490 e. The van der Waals surface area contributed by atoms with Crippen LogP contribution in [0.15, 0.2) is 23.2 Å². The van der Waals surface area contributed by atoms with Gasteiger partial charge in [0, 0.05) is 37.3 Å². The van der Waals surface area contributed by atoms with Gasteiger partial charge >= 0.3 is 6.61 Å². The molecule has 1 aliphatic heterocycles. The summed E-state index contributed by atoms with van der Waals surface area (Å²) in [6.45, 7) is 10.3. The molecular formula is C21H34F2N4O3. The van der Waals surface area contributed by atoms with Crippen LogP contribution in [0, 0.1) is 0 Å². The average Bonchev–Trinajstić information content (AvgIpc) is 2.72. The average molecular weight is 429 g/mol. The second-order valence-corrected chi connectivity index (χ2v) is 7.52. The lowest BCUT2D eigenvalue weighted by Crippen LogP contribution is -2.56. The second-order valence-electron chi connectivity index (χ2n) is 7.52. The van der Waals surface area contributed by atoms with Crippen LogP contribution in [0.3, 0.4) is 0 Å². The molecule has 0 aromatic heterocycles. The van der Waals surface area contributed by atoms with Crippen molar-refractivity contribution < 1.29 is 23.0 Å². The number of hydrogen-bond donors (Lipinski definition) is 2. The fourth-order valence-electron chi connectivity index (χ4n) is 3.26. The summed E-state index contributed by atoms with van der Waals surface area (Å²) in [6.07, 6.45) is 0. The molecule has 0 spiro atoms. The summed E-state index contributed by atoms with van der Waals surface area (Å²) in [7, 11) is 0. The number of benzene rings is 1. The highest BCUT2D eigenvalue weighted by Crippen LogP contribution is 2.33. The Labute approximate surface area is 177 Å². The molecule has 0 unspecified atom stereocenters. The predicted molar refractivity (Wildman–Crippen MR) is 114 cm³/mol. The monoisotopic (exact) mass is 428 g/mol. The minimum atomic E-state index is -2.94. The second kappa shape index (κ2) is 11.9. The highest BCUT2D eigenvalue weighted by molar-refractivity contribution is 5.79. The minimum Gasteiger partial charge on any atom is -0.490 e. The molecule has 0 saturated carbocycles. The molecule has 2 N–H and O–H groups in total. The van der Waals surface area contributed by atoms with Crippen LogP contribution in [0.5, 0.6) is 11.5 Å². The first-order valence-corrected chi connectivity index (χ1v) is 10.4. The normalized spacial score (nSPS) is 15.9. The van der Waals surface area contributed by atoms with Crippen molar-refractivity contribution in [1.82, 2.24) is 15.5 Å². The Hall–Kier alpha value is -2.13. The Kier molecular flexibility index (Phi) is 9.58. The van der Waals surface area contributed by atoms with E-state index in [-0.39, 0.29) is 23.6 Å². The maximum absolute atomic E-state index is 12.9. The van der Waals surface area contributed by atoms with Crippen molar-refractivity contribution in [3.05, 3.63) is 23.8 Å². The summed E-state index contributed by atoms with van der Waals surface area (Å²) in [6, 6.07) is 5.07. The molecule has 170 valence electrons. The lowest BCUT2D eigenvalue weighted by atomic mass is 10.0. The number of para-hydroxylation sites is 1. The summed E-state index contributed by atoms with van der Waals surface area (Å²) < 4.78 is 41.4. The van der Waals surface area contributed by atoms with E-state index in [0.29, 0.717) is 31.2 Å². The minimum absolute atomic E-state index is 0.0302. The zero-order chi connectivity index (χ0) is 22.0. The zero-order valence-electron chi connectivity index (χ0n) is 18.3. The standard InChI is InChI=1S/C21H34F2N4O3/c1-5-24-20(26-15-21(3,4)27-10-12-28-13-11-27)25-14-16-8-7-9-17(29-6-2)18(16)30-19(22)23/h7-9,19H,5-6,10-15H2,1-4H3,(H2,24,25,26). The van der Waals surface area contributed by atoms with E-state index in [9.17, 15) is 8.78 Å². The number of morpholine rings is 1. The molecule has 0 aliphatic carbocycles. The topological polar surface area (TPSA) is 67.4 Å². The zero-order valence-corrected chi connectivity index (χ0v) is 18.3. The van der Waals surface area contributed by atoms with E-state index in [4.69, 9.17) is 14.2 Å². The van der Waals surface area contributed by atoms with Crippen LogP contribution >= 0.6 is 0 Å². The van der Waals surface area contributed by atoms with Gasteiger partial charge in [0.25, 0.3) is 0 Å². The van der Waals surface area contributed by atoms with E-state index < -0.39 is 6.61 Å². The summed E-state index contributed by atoms with van der Waals surface area (Å²) in [4.78, 5) is 6.95. The quantitative estimate of drug-likeness (QED) is 0.441. The van der Waals surface area contributed by atoms with Crippen LogP contribution in [-0.4, -0.2) is 69.0 Å². The van der Waals surface area contributed by atoms with Crippen molar-refractivity contribution in [2.24, 2.45) is 4.99 Å². The Morgan fingerprint density at radius 3 is 2.60 bits per heavy atom. The van der Waals surface area contributed by atoms with E-state index in [1.165, 1.54) is 0 Å². The molecule has 1 aliphatic rings. The maximum Gasteiger partial charge on any atom is 0.387 e. The van der Waals surface area contributed by atoms with Crippen molar-refractivity contribution >= 4 is 5.96 Å². The smallest absolute Gasteiger partial charge is 0.387 e. The SMILES string of the molecule is CCNC(=NCc1cccc(OCC)c1OC(F)F)NCC(C)(C)N1CCOCC1. The third kappa shape index (κ3) is 7.28. The lowest BCUT2D eigenvalue weighted by Gasteiger charge is -2.41.